The zero-order chi connectivity index (χ0) is 13.8. The van der Waals surface area contributed by atoms with E-state index in [4.69, 9.17) is 11.6 Å². The van der Waals surface area contributed by atoms with E-state index in [9.17, 15) is 0 Å². The van der Waals surface area contributed by atoms with Gasteiger partial charge in [-0.1, -0.05) is 53.7 Å². The lowest BCUT2D eigenvalue weighted by Gasteiger charge is -1.99. The first-order valence-corrected chi connectivity index (χ1v) is 7.99. The zero-order valence-electron chi connectivity index (χ0n) is 11.0. The van der Waals surface area contributed by atoms with Crippen LogP contribution in [0, 0.1) is 0 Å². The fourth-order valence-corrected chi connectivity index (χ4v) is 3.12. The van der Waals surface area contributed by atoms with Gasteiger partial charge in [0, 0.05) is 10.8 Å². The lowest BCUT2D eigenvalue weighted by Crippen LogP contribution is -1.87. The SMILES string of the molecule is Clc1ccc2nc(SCCCc3ccccc3)[nH]c2c1. The third-order valence-electron chi connectivity index (χ3n) is 3.11. The van der Waals surface area contributed by atoms with Crippen molar-refractivity contribution in [2.75, 3.05) is 5.75 Å². The molecule has 2 nitrogen and oxygen atoms in total. The Labute approximate surface area is 127 Å². The summed E-state index contributed by atoms with van der Waals surface area (Å²) < 4.78 is 0. The third-order valence-corrected chi connectivity index (χ3v) is 4.31. The van der Waals surface area contributed by atoms with E-state index in [1.807, 2.05) is 18.2 Å². The Kier molecular flexibility index (Phi) is 4.28. The number of H-pyrrole nitrogens is 1. The average Bonchev–Trinajstić information content (AvgIpc) is 2.86. The minimum absolute atomic E-state index is 0.738. The highest BCUT2D eigenvalue weighted by Crippen LogP contribution is 2.22. The van der Waals surface area contributed by atoms with Gasteiger partial charge in [-0.05, 0) is 36.6 Å². The summed E-state index contributed by atoms with van der Waals surface area (Å²) in [5.74, 6) is 1.06. The normalized spacial score (nSPS) is 11.1. The Bertz CT molecular complexity index is 694. The molecule has 1 aromatic heterocycles. The number of aryl methyl sites for hydroxylation is 1. The summed E-state index contributed by atoms with van der Waals surface area (Å²) in [7, 11) is 0. The molecule has 0 atom stereocenters. The van der Waals surface area contributed by atoms with Crippen LogP contribution < -0.4 is 0 Å². The Morgan fingerprint density at radius 1 is 1.10 bits per heavy atom. The average molecular weight is 303 g/mol. The van der Waals surface area contributed by atoms with Crippen molar-refractivity contribution in [1.29, 1.82) is 0 Å². The molecule has 0 aliphatic carbocycles. The summed E-state index contributed by atoms with van der Waals surface area (Å²) in [5.41, 5.74) is 3.37. The van der Waals surface area contributed by atoms with Crippen LogP contribution in [0.15, 0.2) is 53.7 Å². The van der Waals surface area contributed by atoms with E-state index in [-0.39, 0.29) is 0 Å². The molecule has 0 bridgehead atoms. The predicted molar refractivity (Wildman–Crippen MR) is 86.6 cm³/mol. The molecule has 102 valence electrons. The molecule has 0 aliphatic rings. The Hall–Kier alpha value is -1.45. The van der Waals surface area contributed by atoms with E-state index in [0.717, 1.165) is 39.8 Å². The standard InChI is InChI=1S/C16H15ClN2S/c17-13-8-9-14-15(11-13)19-16(18-14)20-10-4-7-12-5-2-1-3-6-12/h1-3,5-6,8-9,11H,4,7,10H2,(H,18,19). The first-order chi connectivity index (χ1) is 9.81. The molecule has 3 aromatic rings. The molecule has 0 amide bonds. The number of benzene rings is 2. The van der Waals surface area contributed by atoms with Crippen molar-refractivity contribution < 1.29 is 0 Å². The maximum absolute atomic E-state index is 5.97. The molecule has 0 unspecified atom stereocenters. The number of halogens is 1. The van der Waals surface area contributed by atoms with Gasteiger partial charge in [0.1, 0.15) is 0 Å². The predicted octanol–water partition coefficient (Wildman–Crippen LogP) is 4.94. The number of rotatable bonds is 5. The highest BCUT2D eigenvalue weighted by Gasteiger charge is 2.03. The van der Waals surface area contributed by atoms with Crippen LogP contribution in [-0.4, -0.2) is 15.7 Å². The number of nitrogens with one attached hydrogen (secondary N) is 1. The van der Waals surface area contributed by atoms with Gasteiger partial charge >= 0.3 is 0 Å². The smallest absolute Gasteiger partial charge is 0.166 e. The number of imidazole rings is 1. The van der Waals surface area contributed by atoms with Crippen LogP contribution in [-0.2, 0) is 6.42 Å². The summed E-state index contributed by atoms with van der Waals surface area (Å²) in [6.07, 6.45) is 2.26. The monoisotopic (exact) mass is 302 g/mol. The molecule has 0 radical (unpaired) electrons. The van der Waals surface area contributed by atoms with Gasteiger partial charge in [0.15, 0.2) is 5.16 Å². The second-order valence-corrected chi connectivity index (χ2v) is 6.16. The molecular weight excluding hydrogens is 288 g/mol. The molecule has 1 heterocycles. The lowest BCUT2D eigenvalue weighted by molar-refractivity contribution is 0.928. The summed E-state index contributed by atoms with van der Waals surface area (Å²) in [6, 6.07) is 16.3. The largest absolute Gasteiger partial charge is 0.333 e. The van der Waals surface area contributed by atoms with Crippen LogP contribution in [0.4, 0.5) is 0 Å². The second-order valence-electron chi connectivity index (χ2n) is 4.64. The molecule has 4 heteroatoms. The summed E-state index contributed by atoms with van der Waals surface area (Å²) in [5, 5.41) is 1.71. The zero-order valence-corrected chi connectivity index (χ0v) is 12.5. The van der Waals surface area contributed by atoms with E-state index < -0.39 is 0 Å². The molecular formula is C16H15ClN2S. The first kappa shape index (κ1) is 13.5. The fourth-order valence-electron chi connectivity index (χ4n) is 2.12. The van der Waals surface area contributed by atoms with Gasteiger partial charge in [-0.25, -0.2) is 4.98 Å². The first-order valence-electron chi connectivity index (χ1n) is 6.63. The number of aromatic amines is 1. The Balaban J connectivity index is 1.55. The minimum Gasteiger partial charge on any atom is -0.333 e. The molecule has 0 aliphatic heterocycles. The molecule has 1 N–H and O–H groups in total. The van der Waals surface area contributed by atoms with Crippen molar-refractivity contribution >= 4 is 34.4 Å². The van der Waals surface area contributed by atoms with Crippen molar-refractivity contribution in [3.8, 4) is 0 Å². The van der Waals surface area contributed by atoms with Gasteiger partial charge in [-0.3, -0.25) is 0 Å². The third kappa shape index (κ3) is 3.35. The van der Waals surface area contributed by atoms with Gasteiger partial charge in [-0.15, -0.1) is 0 Å². The molecule has 0 fully saturated rings. The maximum atomic E-state index is 5.97. The van der Waals surface area contributed by atoms with Gasteiger partial charge < -0.3 is 4.98 Å². The van der Waals surface area contributed by atoms with Crippen LogP contribution in [0.25, 0.3) is 11.0 Å². The Morgan fingerprint density at radius 3 is 2.80 bits per heavy atom. The van der Waals surface area contributed by atoms with E-state index in [1.54, 1.807) is 11.8 Å². The van der Waals surface area contributed by atoms with Crippen molar-refractivity contribution in [3.05, 3.63) is 59.1 Å². The van der Waals surface area contributed by atoms with Crippen molar-refractivity contribution in [2.45, 2.75) is 18.0 Å². The van der Waals surface area contributed by atoms with E-state index >= 15 is 0 Å². The highest BCUT2D eigenvalue weighted by atomic mass is 35.5. The lowest BCUT2D eigenvalue weighted by atomic mass is 10.1. The topological polar surface area (TPSA) is 28.7 Å². The molecule has 20 heavy (non-hydrogen) atoms. The summed E-state index contributed by atoms with van der Waals surface area (Å²) in [6.45, 7) is 0. The number of aromatic nitrogens is 2. The van der Waals surface area contributed by atoms with E-state index in [1.165, 1.54) is 5.56 Å². The molecule has 0 saturated carbocycles. The summed E-state index contributed by atoms with van der Waals surface area (Å²) in [4.78, 5) is 7.85. The van der Waals surface area contributed by atoms with Crippen LogP contribution in [0.5, 0.6) is 0 Å². The van der Waals surface area contributed by atoms with E-state index in [2.05, 4.69) is 40.3 Å². The number of hydrogen-bond acceptors (Lipinski definition) is 2. The van der Waals surface area contributed by atoms with Crippen molar-refractivity contribution in [2.24, 2.45) is 0 Å². The summed E-state index contributed by atoms with van der Waals surface area (Å²) >= 11 is 7.73. The Morgan fingerprint density at radius 2 is 1.95 bits per heavy atom. The second kappa shape index (κ2) is 6.33. The van der Waals surface area contributed by atoms with Crippen LogP contribution in [0.1, 0.15) is 12.0 Å². The minimum atomic E-state index is 0.738. The van der Waals surface area contributed by atoms with Crippen LogP contribution >= 0.6 is 23.4 Å². The van der Waals surface area contributed by atoms with Gasteiger partial charge in [0.2, 0.25) is 0 Å². The number of nitrogens with zero attached hydrogens (tertiary/aromatic N) is 1. The van der Waals surface area contributed by atoms with Crippen molar-refractivity contribution in [1.82, 2.24) is 9.97 Å². The van der Waals surface area contributed by atoms with E-state index in [0.29, 0.717) is 0 Å². The molecule has 3 rings (SSSR count). The highest BCUT2D eigenvalue weighted by molar-refractivity contribution is 7.99. The molecule has 0 spiro atoms. The van der Waals surface area contributed by atoms with Gasteiger partial charge in [0.25, 0.3) is 0 Å². The van der Waals surface area contributed by atoms with Gasteiger partial charge in [0.05, 0.1) is 11.0 Å². The van der Waals surface area contributed by atoms with Crippen LogP contribution in [0.2, 0.25) is 5.02 Å². The quantitative estimate of drug-likeness (QED) is 0.534. The van der Waals surface area contributed by atoms with Gasteiger partial charge in [-0.2, -0.15) is 0 Å². The number of hydrogen-bond donors (Lipinski definition) is 1. The molecule has 2 aromatic carbocycles. The van der Waals surface area contributed by atoms with Crippen LogP contribution in [0.3, 0.4) is 0 Å². The number of fused-ring (bicyclic) bond motifs is 1. The molecule has 0 saturated heterocycles. The maximum Gasteiger partial charge on any atom is 0.166 e. The van der Waals surface area contributed by atoms with Crippen molar-refractivity contribution in [3.63, 3.8) is 0 Å². The fraction of sp³-hybridized carbons (Fsp3) is 0.188. The number of thioether (sulfide) groups is 1.